The summed E-state index contributed by atoms with van der Waals surface area (Å²) in [6, 6.07) is 0. The third-order valence-electron chi connectivity index (χ3n) is 2.63. The number of ether oxygens (including phenoxy) is 1. The molecule has 0 aliphatic heterocycles. The summed E-state index contributed by atoms with van der Waals surface area (Å²) >= 11 is 0. The fraction of sp³-hybridized carbons (Fsp3) is 0.818. The molecule has 88 valence electrons. The van der Waals surface area contributed by atoms with E-state index in [2.05, 4.69) is 0 Å². The molecule has 0 saturated carbocycles. The van der Waals surface area contributed by atoms with Gasteiger partial charge in [-0.3, -0.25) is 0 Å². The predicted octanol–water partition coefficient (Wildman–Crippen LogP) is 4.10. The summed E-state index contributed by atoms with van der Waals surface area (Å²) in [6.07, 6.45) is 1.41. The first-order chi connectivity index (χ1) is 6.56. The number of hydrogen-bond acceptors (Lipinski definition) is 2. The van der Waals surface area contributed by atoms with Gasteiger partial charge in [0.1, 0.15) is 12.0 Å². The van der Waals surface area contributed by atoms with Gasteiger partial charge >= 0.3 is 7.80 Å². The van der Waals surface area contributed by atoms with E-state index in [9.17, 15) is 8.96 Å². The minimum absolute atomic E-state index is 0. The van der Waals surface area contributed by atoms with Crippen LogP contribution in [0.3, 0.4) is 0 Å². The molecule has 0 spiro atoms. The first kappa shape index (κ1) is 14.7. The van der Waals surface area contributed by atoms with Crippen molar-refractivity contribution >= 4 is 7.80 Å². The molecule has 3 atom stereocenters. The molecule has 0 aromatic carbocycles. The van der Waals surface area contributed by atoms with E-state index in [4.69, 9.17) is 4.74 Å². The third kappa shape index (κ3) is 3.66. The molecule has 1 unspecified atom stereocenters. The van der Waals surface area contributed by atoms with Gasteiger partial charge < -0.3 is 4.74 Å². The van der Waals surface area contributed by atoms with Crippen LogP contribution in [0.2, 0.25) is 0 Å². The van der Waals surface area contributed by atoms with Gasteiger partial charge in [0.25, 0.3) is 0 Å². The minimum Gasteiger partial charge on any atom is -0.329 e. The summed E-state index contributed by atoms with van der Waals surface area (Å²) < 4.78 is 29.9. The lowest BCUT2D eigenvalue weighted by atomic mass is 10.1. The second kappa shape index (κ2) is 6.34. The lowest BCUT2D eigenvalue weighted by Crippen LogP contribution is -2.11. The fourth-order valence-corrected chi connectivity index (χ4v) is 2.13. The molecular formula is C11H21FO2P+. The first-order valence-electron chi connectivity index (χ1n) is 4.96. The first-order valence-corrected chi connectivity index (χ1v) is 6.59. The molecule has 0 saturated heterocycles. The summed E-state index contributed by atoms with van der Waals surface area (Å²) in [7, 11) is -1.26. The van der Waals surface area contributed by atoms with E-state index in [1.807, 2.05) is 13.8 Å². The van der Waals surface area contributed by atoms with Gasteiger partial charge in [-0.25, -0.2) is 4.39 Å². The van der Waals surface area contributed by atoms with Crippen LogP contribution in [0.5, 0.6) is 0 Å². The predicted molar refractivity (Wildman–Crippen MR) is 62.2 cm³/mol. The Morgan fingerprint density at radius 3 is 2.60 bits per heavy atom. The normalized spacial score (nSPS) is 26.5. The Morgan fingerprint density at radius 1 is 1.60 bits per heavy atom. The van der Waals surface area contributed by atoms with E-state index >= 15 is 0 Å². The Bertz CT molecular complexity index is 263. The maximum Gasteiger partial charge on any atom is 0.366 e. The molecule has 4 heteroatoms. The number of rotatable bonds is 4. The van der Waals surface area contributed by atoms with Crippen molar-refractivity contribution < 1.29 is 13.7 Å². The van der Waals surface area contributed by atoms with Crippen LogP contribution in [-0.2, 0) is 9.30 Å². The van der Waals surface area contributed by atoms with Crippen molar-refractivity contribution in [3.63, 3.8) is 0 Å². The van der Waals surface area contributed by atoms with Gasteiger partial charge in [0.2, 0.25) is 6.35 Å². The van der Waals surface area contributed by atoms with E-state index in [1.165, 1.54) is 0 Å². The monoisotopic (exact) mass is 235 g/mol. The van der Waals surface area contributed by atoms with Crippen LogP contribution in [0.4, 0.5) is 4.39 Å². The molecule has 1 rings (SSSR count). The Labute approximate surface area is 92.7 Å². The van der Waals surface area contributed by atoms with Crippen molar-refractivity contribution in [2.75, 3.05) is 12.5 Å². The topological polar surface area (TPSA) is 26.3 Å². The molecule has 0 N–H and O–H groups in total. The molecule has 0 aromatic heterocycles. The van der Waals surface area contributed by atoms with E-state index in [0.717, 1.165) is 0 Å². The van der Waals surface area contributed by atoms with Crippen LogP contribution in [0.1, 0.15) is 34.6 Å². The maximum atomic E-state index is 13.3. The highest BCUT2D eigenvalue weighted by atomic mass is 31.1. The second-order valence-electron chi connectivity index (χ2n) is 3.75. The highest BCUT2D eigenvalue weighted by molar-refractivity contribution is 7.44. The maximum absolute atomic E-state index is 13.3. The van der Waals surface area contributed by atoms with Gasteiger partial charge in [0.15, 0.2) is 0 Å². The van der Waals surface area contributed by atoms with Crippen LogP contribution in [0.15, 0.2) is 11.4 Å². The number of allylic oxidation sites excluding steroid dienone is 1. The Morgan fingerprint density at radius 2 is 2.20 bits per heavy atom. The Hall–Kier alpha value is -0.270. The molecule has 1 aliphatic carbocycles. The minimum atomic E-state index is -1.26. The number of hydrogen-bond donors (Lipinski definition) is 0. The zero-order valence-electron chi connectivity index (χ0n) is 8.92. The molecule has 0 amide bonds. The van der Waals surface area contributed by atoms with Gasteiger partial charge in [-0.1, -0.05) is 18.9 Å². The zero-order valence-corrected chi connectivity index (χ0v) is 9.81. The second-order valence-corrected chi connectivity index (χ2v) is 5.60. The summed E-state index contributed by atoms with van der Waals surface area (Å²) in [4.78, 5) is 0. The number of halogens is 1. The third-order valence-corrected chi connectivity index (χ3v) is 3.77. The van der Waals surface area contributed by atoms with Crippen LogP contribution in [-0.4, -0.2) is 18.6 Å². The molecule has 1 aliphatic rings. The summed E-state index contributed by atoms with van der Waals surface area (Å²) in [6.45, 7) is 5.47. The van der Waals surface area contributed by atoms with Gasteiger partial charge in [-0.15, -0.1) is 0 Å². The molecule has 2 nitrogen and oxygen atoms in total. The van der Waals surface area contributed by atoms with Crippen molar-refractivity contribution in [2.24, 2.45) is 5.92 Å². The van der Waals surface area contributed by atoms with Gasteiger partial charge in [-0.2, -0.15) is 0 Å². The highest BCUT2D eigenvalue weighted by Crippen LogP contribution is 2.35. The highest BCUT2D eigenvalue weighted by Gasteiger charge is 2.31. The lowest BCUT2D eigenvalue weighted by molar-refractivity contribution is 0.109. The van der Waals surface area contributed by atoms with E-state index in [0.29, 0.717) is 18.2 Å². The smallest absolute Gasteiger partial charge is 0.329 e. The van der Waals surface area contributed by atoms with E-state index < -0.39 is 7.80 Å². The molecular weight excluding hydrogens is 214 g/mol. The molecule has 0 aromatic rings. The van der Waals surface area contributed by atoms with Crippen molar-refractivity contribution in [2.45, 2.75) is 40.7 Å². The summed E-state index contributed by atoms with van der Waals surface area (Å²) in [5.74, 6) is -0.0961. The van der Waals surface area contributed by atoms with Crippen LogP contribution in [0, 0.1) is 5.92 Å². The average Bonchev–Trinajstić information content (AvgIpc) is 2.42. The van der Waals surface area contributed by atoms with Gasteiger partial charge in [0.05, 0.1) is 6.10 Å². The molecule has 0 bridgehead atoms. The van der Waals surface area contributed by atoms with Gasteiger partial charge in [-0.05, 0) is 25.8 Å². The Balaban J connectivity index is 0.00000196. The van der Waals surface area contributed by atoms with E-state index in [-0.39, 0.29) is 31.6 Å². The SMILES string of the molecule is C.CC[P+](=O)CO[C@H]1C[C@@H](C)C(F)=C1C. The van der Waals surface area contributed by atoms with Crippen molar-refractivity contribution in [3.05, 3.63) is 11.4 Å². The molecule has 15 heavy (non-hydrogen) atoms. The standard InChI is InChI=1S/C10H17FO2P.CH4/c1-4-14(12)6-13-9-5-7(2)10(11)8(9)3;/h7,9H,4-6H2,1-3H3;1H4/q+1;/t7-,9+;/m1./s1. The summed E-state index contributed by atoms with van der Waals surface area (Å²) in [5, 5.41) is 0. The molecule has 0 radical (unpaired) electrons. The van der Waals surface area contributed by atoms with Crippen molar-refractivity contribution in [1.82, 2.24) is 0 Å². The zero-order chi connectivity index (χ0) is 10.7. The largest absolute Gasteiger partial charge is 0.366 e. The van der Waals surface area contributed by atoms with E-state index in [1.54, 1.807) is 6.92 Å². The quantitative estimate of drug-likeness (QED) is 0.686. The van der Waals surface area contributed by atoms with Crippen LogP contribution >= 0.6 is 7.80 Å². The fourth-order valence-electron chi connectivity index (χ4n) is 1.60. The van der Waals surface area contributed by atoms with Crippen molar-refractivity contribution in [3.8, 4) is 0 Å². The van der Waals surface area contributed by atoms with Crippen LogP contribution < -0.4 is 0 Å². The van der Waals surface area contributed by atoms with Gasteiger partial charge in [0, 0.05) is 5.92 Å². The molecule has 0 heterocycles. The summed E-state index contributed by atoms with van der Waals surface area (Å²) in [5.41, 5.74) is 0.678. The average molecular weight is 235 g/mol. The van der Waals surface area contributed by atoms with Crippen LogP contribution in [0.25, 0.3) is 0 Å². The lowest BCUT2D eigenvalue weighted by Gasteiger charge is -2.09. The van der Waals surface area contributed by atoms with Crippen molar-refractivity contribution in [1.29, 1.82) is 0 Å². The Kier molecular flexibility index (Phi) is 6.23. The molecule has 0 fully saturated rings.